The molecule has 1 aromatic heterocycles. The molecule has 0 fully saturated rings. The molecule has 1 aromatic carbocycles. The zero-order valence-corrected chi connectivity index (χ0v) is 11.1. The van der Waals surface area contributed by atoms with Gasteiger partial charge in [-0.1, -0.05) is 18.2 Å². The number of carboxylic acid groups (broad SMARTS) is 1. The summed E-state index contributed by atoms with van der Waals surface area (Å²) in [6.07, 6.45) is 6.59. The van der Waals surface area contributed by atoms with E-state index in [4.69, 9.17) is 5.11 Å². The van der Waals surface area contributed by atoms with Crippen molar-refractivity contribution in [1.82, 2.24) is 9.97 Å². The summed E-state index contributed by atoms with van der Waals surface area (Å²) < 4.78 is 0. The Hall–Kier alpha value is -2.23. The first-order valence-corrected chi connectivity index (χ1v) is 6.83. The van der Waals surface area contributed by atoms with E-state index in [9.17, 15) is 4.79 Å². The van der Waals surface area contributed by atoms with Crippen molar-refractivity contribution in [1.29, 1.82) is 0 Å². The maximum atomic E-state index is 11.1. The van der Waals surface area contributed by atoms with E-state index in [1.54, 1.807) is 12.3 Å². The van der Waals surface area contributed by atoms with Gasteiger partial charge in [-0.2, -0.15) is 0 Å². The van der Waals surface area contributed by atoms with Crippen LogP contribution in [0.4, 0.5) is 0 Å². The van der Waals surface area contributed by atoms with Crippen LogP contribution in [0.1, 0.15) is 41.1 Å². The standard InChI is InChI=1S/C16H16N2O2/c19-16(20)9-14(15-6-7-17-10-18-15)13-5-4-11-2-1-3-12(11)8-13/h4-8,10,14H,1-3,9H2,(H,19,20). The van der Waals surface area contributed by atoms with Gasteiger partial charge < -0.3 is 5.11 Å². The number of carbonyl (C=O) groups is 1. The summed E-state index contributed by atoms with van der Waals surface area (Å²) in [7, 11) is 0. The Morgan fingerprint density at radius 1 is 1.25 bits per heavy atom. The Labute approximate surface area is 117 Å². The van der Waals surface area contributed by atoms with Crippen molar-refractivity contribution in [2.45, 2.75) is 31.6 Å². The summed E-state index contributed by atoms with van der Waals surface area (Å²) in [6, 6.07) is 8.12. The molecule has 0 saturated carbocycles. The molecule has 1 unspecified atom stereocenters. The minimum Gasteiger partial charge on any atom is -0.481 e. The number of hydrogen-bond acceptors (Lipinski definition) is 3. The molecular formula is C16H16N2O2. The van der Waals surface area contributed by atoms with Crippen LogP contribution in [0.15, 0.2) is 36.8 Å². The van der Waals surface area contributed by atoms with Gasteiger partial charge in [0.2, 0.25) is 0 Å². The lowest BCUT2D eigenvalue weighted by Crippen LogP contribution is -2.10. The van der Waals surface area contributed by atoms with Crippen LogP contribution in [0.3, 0.4) is 0 Å². The van der Waals surface area contributed by atoms with Gasteiger partial charge in [-0.15, -0.1) is 0 Å². The number of hydrogen-bond donors (Lipinski definition) is 1. The fraction of sp³-hybridized carbons (Fsp3) is 0.312. The largest absolute Gasteiger partial charge is 0.481 e. The molecule has 102 valence electrons. The lowest BCUT2D eigenvalue weighted by molar-refractivity contribution is -0.137. The van der Waals surface area contributed by atoms with E-state index in [-0.39, 0.29) is 12.3 Å². The highest BCUT2D eigenvalue weighted by molar-refractivity contribution is 5.69. The molecule has 0 saturated heterocycles. The van der Waals surface area contributed by atoms with Gasteiger partial charge in [0, 0.05) is 12.1 Å². The number of nitrogens with zero attached hydrogens (tertiary/aromatic N) is 2. The van der Waals surface area contributed by atoms with Gasteiger partial charge in [-0.05, 0) is 42.0 Å². The van der Waals surface area contributed by atoms with Gasteiger partial charge in [0.1, 0.15) is 6.33 Å². The number of aromatic nitrogens is 2. The number of fused-ring (bicyclic) bond motifs is 1. The fourth-order valence-corrected chi connectivity index (χ4v) is 2.88. The molecule has 1 aliphatic carbocycles. The highest BCUT2D eigenvalue weighted by Crippen LogP contribution is 2.31. The molecule has 4 nitrogen and oxygen atoms in total. The monoisotopic (exact) mass is 268 g/mol. The van der Waals surface area contributed by atoms with Crippen LogP contribution in [0.2, 0.25) is 0 Å². The first-order valence-electron chi connectivity index (χ1n) is 6.83. The van der Waals surface area contributed by atoms with E-state index < -0.39 is 5.97 Å². The molecule has 1 N–H and O–H groups in total. The molecule has 1 aliphatic rings. The molecule has 0 aliphatic heterocycles. The van der Waals surface area contributed by atoms with Crippen molar-refractivity contribution >= 4 is 5.97 Å². The van der Waals surface area contributed by atoms with Gasteiger partial charge in [0.05, 0.1) is 12.1 Å². The molecule has 3 rings (SSSR count). The highest BCUT2D eigenvalue weighted by atomic mass is 16.4. The smallest absolute Gasteiger partial charge is 0.304 e. The average Bonchev–Trinajstić information content (AvgIpc) is 2.93. The summed E-state index contributed by atoms with van der Waals surface area (Å²) in [5, 5.41) is 9.16. The Balaban J connectivity index is 1.99. The zero-order chi connectivity index (χ0) is 13.9. The third-order valence-corrected chi connectivity index (χ3v) is 3.87. The number of aryl methyl sites for hydroxylation is 2. The molecule has 0 spiro atoms. The van der Waals surface area contributed by atoms with Crippen molar-refractivity contribution in [3.05, 3.63) is 59.2 Å². The van der Waals surface area contributed by atoms with Crippen LogP contribution < -0.4 is 0 Å². The molecule has 4 heteroatoms. The number of carboxylic acids is 1. The minimum absolute atomic E-state index is 0.0514. The Morgan fingerprint density at radius 2 is 2.10 bits per heavy atom. The van der Waals surface area contributed by atoms with E-state index in [0.717, 1.165) is 24.1 Å². The number of aliphatic carboxylic acids is 1. The molecule has 0 bridgehead atoms. The maximum Gasteiger partial charge on any atom is 0.304 e. The van der Waals surface area contributed by atoms with Crippen LogP contribution >= 0.6 is 0 Å². The van der Waals surface area contributed by atoms with Gasteiger partial charge in [0.15, 0.2) is 0 Å². The lowest BCUT2D eigenvalue weighted by atomic mass is 9.90. The van der Waals surface area contributed by atoms with Crippen LogP contribution in [-0.4, -0.2) is 21.0 Å². The Morgan fingerprint density at radius 3 is 2.85 bits per heavy atom. The summed E-state index contributed by atoms with van der Waals surface area (Å²) >= 11 is 0. The summed E-state index contributed by atoms with van der Waals surface area (Å²) in [5.74, 6) is -1.02. The van der Waals surface area contributed by atoms with E-state index in [2.05, 4.69) is 22.1 Å². The molecule has 2 aromatic rings. The number of benzene rings is 1. The van der Waals surface area contributed by atoms with Crippen molar-refractivity contribution in [3.8, 4) is 0 Å². The third-order valence-electron chi connectivity index (χ3n) is 3.87. The SMILES string of the molecule is O=C(O)CC(c1ccc2c(c1)CCC2)c1ccncn1. The number of rotatable bonds is 4. The normalized spacial score (nSPS) is 14.8. The average molecular weight is 268 g/mol. The van der Waals surface area contributed by atoms with Crippen molar-refractivity contribution in [2.24, 2.45) is 0 Å². The van der Waals surface area contributed by atoms with E-state index >= 15 is 0 Å². The quantitative estimate of drug-likeness (QED) is 0.925. The second-order valence-electron chi connectivity index (χ2n) is 5.17. The Bertz CT molecular complexity index is 626. The summed E-state index contributed by atoms with van der Waals surface area (Å²) in [5.41, 5.74) is 4.55. The topological polar surface area (TPSA) is 63.1 Å². The predicted molar refractivity (Wildman–Crippen MR) is 74.6 cm³/mol. The van der Waals surface area contributed by atoms with Crippen molar-refractivity contribution in [3.63, 3.8) is 0 Å². The summed E-state index contributed by atoms with van der Waals surface area (Å²) in [6.45, 7) is 0. The van der Waals surface area contributed by atoms with E-state index in [1.807, 2.05) is 6.07 Å². The molecule has 0 radical (unpaired) electrons. The predicted octanol–water partition coefficient (Wildman–Crippen LogP) is 2.57. The molecule has 1 heterocycles. The van der Waals surface area contributed by atoms with Crippen LogP contribution in [0.5, 0.6) is 0 Å². The maximum absolute atomic E-state index is 11.1. The van der Waals surface area contributed by atoms with Gasteiger partial charge >= 0.3 is 5.97 Å². The minimum atomic E-state index is -0.811. The second kappa shape index (κ2) is 5.41. The van der Waals surface area contributed by atoms with Crippen LogP contribution in [0, 0.1) is 0 Å². The molecule has 0 amide bonds. The second-order valence-corrected chi connectivity index (χ2v) is 5.17. The van der Waals surface area contributed by atoms with Crippen LogP contribution in [-0.2, 0) is 17.6 Å². The first kappa shape index (κ1) is 12.8. The first-order chi connectivity index (χ1) is 9.74. The fourth-order valence-electron chi connectivity index (χ4n) is 2.88. The van der Waals surface area contributed by atoms with Crippen molar-refractivity contribution < 1.29 is 9.90 Å². The molecule has 20 heavy (non-hydrogen) atoms. The zero-order valence-electron chi connectivity index (χ0n) is 11.1. The molecule has 1 atom stereocenters. The lowest BCUT2D eigenvalue weighted by Gasteiger charge is -2.16. The molecular weight excluding hydrogens is 252 g/mol. The Kier molecular flexibility index (Phi) is 3.46. The van der Waals surface area contributed by atoms with E-state index in [0.29, 0.717) is 0 Å². The van der Waals surface area contributed by atoms with Crippen LogP contribution in [0.25, 0.3) is 0 Å². The third kappa shape index (κ3) is 2.54. The summed E-state index contributed by atoms with van der Waals surface area (Å²) in [4.78, 5) is 19.3. The van der Waals surface area contributed by atoms with Gasteiger partial charge in [-0.3, -0.25) is 4.79 Å². The van der Waals surface area contributed by atoms with E-state index in [1.165, 1.54) is 23.9 Å². The van der Waals surface area contributed by atoms with Gasteiger partial charge in [0.25, 0.3) is 0 Å². The van der Waals surface area contributed by atoms with Crippen molar-refractivity contribution in [2.75, 3.05) is 0 Å². The van der Waals surface area contributed by atoms with Gasteiger partial charge in [-0.25, -0.2) is 9.97 Å². The highest BCUT2D eigenvalue weighted by Gasteiger charge is 2.21.